The second-order valence-electron chi connectivity index (χ2n) is 5.99. The fourth-order valence-electron chi connectivity index (χ4n) is 2.98. The first-order valence-electron chi connectivity index (χ1n) is 7.57. The Morgan fingerprint density at radius 2 is 2.23 bits per heavy atom. The molecule has 1 atom stereocenters. The second-order valence-corrected chi connectivity index (χ2v) is 5.99. The highest BCUT2D eigenvalue weighted by Crippen LogP contribution is 2.27. The smallest absolute Gasteiger partial charge is 0.253 e. The quantitative estimate of drug-likeness (QED) is 0.887. The molecule has 0 aromatic heterocycles. The number of ether oxygens (including phenoxy) is 1. The van der Waals surface area contributed by atoms with Crippen LogP contribution in [-0.2, 0) is 17.7 Å². The minimum Gasteiger partial charge on any atom is -0.380 e. The number of fused-ring (bicyclic) bond motifs is 1. The molecule has 1 fully saturated rings. The predicted octanol–water partition coefficient (Wildman–Crippen LogP) is 1.66. The van der Waals surface area contributed by atoms with E-state index in [0.717, 1.165) is 50.4 Å². The van der Waals surface area contributed by atoms with Crippen LogP contribution in [-0.4, -0.2) is 50.7 Å². The first-order valence-corrected chi connectivity index (χ1v) is 7.57. The number of hydrogen-bond acceptors (Lipinski definition) is 4. The molecule has 2 aliphatic rings. The standard InChI is InChI=1S/C16H23N3O2.ClH/c1-19(2)16(20)12-7-11-3-5-17-9-14(11)15(8-12)18-13-4-6-21-10-13;/h7-8,13,17-18H,3-6,9-10H2,1-2H3;1H. The summed E-state index contributed by atoms with van der Waals surface area (Å²) >= 11 is 0. The summed E-state index contributed by atoms with van der Waals surface area (Å²) in [5, 5.41) is 6.98. The van der Waals surface area contributed by atoms with E-state index >= 15 is 0 Å². The third kappa shape index (κ3) is 3.54. The van der Waals surface area contributed by atoms with Gasteiger partial charge in [0.1, 0.15) is 0 Å². The molecule has 2 heterocycles. The Morgan fingerprint density at radius 3 is 2.91 bits per heavy atom. The fourth-order valence-corrected chi connectivity index (χ4v) is 2.98. The van der Waals surface area contributed by atoms with E-state index in [1.807, 2.05) is 6.07 Å². The Bertz CT molecular complexity index is 542. The zero-order chi connectivity index (χ0) is 14.8. The van der Waals surface area contributed by atoms with E-state index in [1.54, 1.807) is 19.0 Å². The van der Waals surface area contributed by atoms with Gasteiger partial charge in [-0.1, -0.05) is 0 Å². The van der Waals surface area contributed by atoms with Crippen molar-refractivity contribution in [3.63, 3.8) is 0 Å². The van der Waals surface area contributed by atoms with Gasteiger partial charge in [-0.15, -0.1) is 12.4 Å². The van der Waals surface area contributed by atoms with Crippen LogP contribution in [0.3, 0.4) is 0 Å². The van der Waals surface area contributed by atoms with Crippen molar-refractivity contribution >= 4 is 24.0 Å². The second kappa shape index (κ2) is 7.31. The summed E-state index contributed by atoms with van der Waals surface area (Å²) in [5.74, 6) is 0.0575. The van der Waals surface area contributed by atoms with Crippen molar-refractivity contribution in [1.82, 2.24) is 10.2 Å². The van der Waals surface area contributed by atoms with Crippen LogP contribution in [0.1, 0.15) is 27.9 Å². The minimum atomic E-state index is 0. The molecule has 3 rings (SSSR count). The highest BCUT2D eigenvalue weighted by molar-refractivity contribution is 5.95. The van der Waals surface area contributed by atoms with Crippen LogP contribution in [0.25, 0.3) is 0 Å². The van der Waals surface area contributed by atoms with Crippen LogP contribution in [0, 0.1) is 0 Å². The number of amides is 1. The van der Waals surface area contributed by atoms with Crippen molar-refractivity contribution in [2.24, 2.45) is 0 Å². The van der Waals surface area contributed by atoms with Gasteiger partial charge in [-0.3, -0.25) is 4.79 Å². The maximum absolute atomic E-state index is 12.3. The average Bonchev–Trinajstić information content (AvgIpc) is 2.99. The molecular weight excluding hydrogens is 302 g/mol. The number of carbonyl (C=O) groups excluding carboxylic acids is 1. The molecule has 1 aromatic carbocycles. The molecule has 0 saturated carbocycles. The van der Waals surface area contributed by atoms with E-state index in [4.69, 9.17) is 4.74 Å². The van der Waals surface area contributed by atoms with E-state index in [-0.39, 0.29) is 18.3 Å². The minimum absolute atomic E-state index is 0. The molecule has 1 aromatic rings. The van der Waals surface area contributed by atoms with Crippen molar-refractivity contribution in [1.29, 1.82) is 0 Å². The van der Waals surface area contributed by atoms with Gasteiger partial charge in [0.2, 0.25) is 0 Å². The van der Waals surface area contributed by atoms with Crippen LogP contribution in [0.2, 0.25) is 0 Å². The van der Waals surface area contributed by atoms with Gasteiger partial charge in [-0.25, -0.2) is 0 Å². The summed E-state index contributed by atoms with van der Waals surface area (Å²) in [4.78, 5) is 13.9. The number of anilines is 1. The molecule has 2 aliphatic heterocycles. The van der Waals surface area contributed by atoms with Crippen molar-refractivity contribution in [3.8, 4) is 0 Å². The molecule has 2 N–H and O–H groups in total. The predicted molar refractivity (Wildman–Crippen MR) is 90.0 cm³/mol. The molecule has 1 saturated heterocycles. The molecule has 22 heavy (non-hydrogen) atoms. The lowest BCUT2D eigenvalue weighted by Gasteiger charge is -2.24. The van der Waals surface area contributed by atoms with Gasteiger partial charge < -0.3 is 20.3 Å². The Hall–Kier alpha value is -1.30. The normalized spacial score (nSPS) is 20.0. The van der Waals surface area contributed by atoms with Crippen molar-refractivity contribution < 1.29 is 9.53 Å². The first-order chi connectivity index (χ1) is 10.1. The molecule has 1 amide bonds. The van der Waals surface area contributed by atoms with Gasteiger partial charge in [-0.05, 0) is 42.6 Å². The van der Waals surface area contributed by atoms with E-state index in [1.165, 1.54) is 11.1 Å². The number of nitrogens with one attached hydrogen (secondary N) is 2. The molecule has 0 spiro atoms. The summed E-state index contributed by atoms with van der Waals surface area (Å²) in [7, 11) is 3.59. The van der Waals surface area contributed by atoms with Gasteiger partial charge in [0.25, 0.3) is 5.91 Å². The van der Waals surface area contributed by atoms with E-state index < -0.39 is 0 Å². The Morgan fingerprint density at radius 1 is 1.41 bits per heavy atom. The Kier molecular flexibility index (Phi) is 5.67. The van der Waals surface area contributed by atoms with Gasteiger partial charge in [0, 0.05) is 38.5 Å². The lowest BCUT2D eigenvalue weighted by molar-refractivity contribution is 0.0827. The van der Waals surface area contributed by atoms with Crippen molar-refractivity contribution in [3.05, 3.63) is 28.8 Å². The molecule has 0 radical (unpaired) electrons. The largest absolute Gasteiger partial charge is 0.380 e. The van der Waals surface area contributed by atoms with Crippen LogP contribution in [0.4, 0.5) is 5.69 Å². The van der Waals surface area contributed by atoms with Crippen LogP contribution in [0.5, 0.6) is 0 Å². The molecule has 1 unspecified atom stereocenters. The third-order valence-electron chi connectivity index (χ3n) is 4.16. The summed E-state index contributed by atoms with van der Waals surface area (Å²) in [5.41, 5.74) is 4.42. The maximum atomic E-state index is 12.3. The molecule has 6 heteroatoms. The van der Waals surface area contributed by atoms with Crippen LogP contribution < -0.4 is 10.6 Å². The van der Waals surface area contributed by atoms with Crippen LogP contribution >= 0.6 is 12.4 Å². The summed E-state index contributed by atoms with van der Waals surface area (Å²) in [6.45, 7) is 3.39. The van der Waals surface area contributed by atoms with Crippen molar-refractivity contribution in [2.75, 3.05) is 39.2 Å². The number of halogens is 1. The third-order valence-corrected chi connectivity index (χ3v) is 4.16. The van der Waals surface area contributed by atoms with Crippen molar-refractivity contribution in [2.45, 2.75) is 25.4 Å². The van der Waals surface area contributed by atoms with E-state index in [0.29, 0.717) is 6.04 Å². The number of hydrogen-bond donors (Lipinski definition) is 2. The SMILES string of the molecule is CN(C)C(=O)c1cc2c(c(NC3CCOC3)c1)CNCC2.Cl. The molecule has 5 nitrogen and oxygen atoms in total. The number of rotatable bonds is 3. The Labute approximate surface area is 137 Å². The van der Waals surface area contributed by atoms with Gasteiger partial charge in [-0.2, -0.15) is 0 Å². The first kappa shape index (κ1) is 17.1. The lowest BCUT2D eigenvalue weighted by Crippen LogP contribution is -2.28. The molecule has 0 aliphatic carbocycles. The zero-order valence-corrected chi connectivity index (χ0v) is 14.0. The maximum Gasteiger partial charge on any atom is 0.253 e. The van der Waals surface area contributed by atoms with Crippen LogP contribution in [0.15, 0.2) is 12.1 Å². The average molecular weight is 326 g/mol. The summed E-state index contributed by atoms with van der Waals surface area (Å²) in [6.07, 6.45) is 1.99. The van der Waals surface area contributed by atoms with Gasteiger partial charge >= 0.3 is 0 Å². The summed E-state index contributed by atoms with van der Waals surface area (Å²) in [6, 6.07) is 4.39. The number of nitrogens with zero attached hydrogens (tertiary/aromatic N) is 1. The molecule has 0 bridgehead atoms. The number of benzene rings is 1. The zero-order valence-electron chi connectivity index (χ0n) is 13.1. The topological polar surface area (TPSA) is 53.6 Å². The molecular formula is C16H24ClN3O2. The summed E-state index contributed by atoms with van der Waals surface area (Å²) < 4.78 is 5.44. The Balaban J connectivity index is 0.00000176. The highest BCUT2D eigenvalue weighted by atomic mass is 35.5. The lowest BCUT2D eigenvalue weighted by atomic mass is 9.95. The molecule has 122 valence electrons. The van der Waals surface area contributed by atoms with Gasteiger partial charge in [0.15, 0.2) is 0 Å². The highest BCUT2D eigenvalue weighted by Gasteiger charge is 2.21. The monoisotopic (exact) mass is 325 g/mol. The number of carbonyl (C=O) groups is 1. The van der Waals surface area contributed by atoms with E-state index in [9.17, 15) is 4.79 Å². The van der Waals surface area contributed by atoms with Gasteiger partial charge in [0.05, 0.1) is 12.6 Å². The van der Waals surface area contributed by atoms with E-state index in [2.05, 4.69) is 16.7 Å². The fraction of sp³-hybridized carbons (Fsp3) is 0.562.